The van der Waals surface area contributed by atoms with Crippen LogP contribution in [0.2, 0.25) is 0 Å². The molecule has 7 aromatic heterocycles. The van der Waals surface area contributed by atoms with Gasteiger partial charge in [0.15, 0.2) is 12.0 Å². The zero-order chi connectivity index (χ0) is 105. The highest BCUT2D eigenvalue weighted by atomic mass is 32.1. The highest BCUT2D eigenvalue weighted by molar-refractivity contribution is 7.17. The third kappa shape index (κ3) is 25.9. The van der Waals surface area contributed by atoms with E-state index in [2.05, 4.69) is 213 Å². The number of fused-ring (bicyclic) bond motifs is 2. The molecule has 0 radical (unpaired) electrons. The number of hydrogen-bond acceptors (Lipinski definition) is 24. The molecule has 5 aliphatic rings. The van der Waals surface area contributed by atoms with E-state index in [1.807, 2.05) is 138 Å². The van der Waals surface area contributed by atoms with Crippen molar-refractivity contribution in [2.75, 3.05) is 68.3 Å². The number of aryl methyl sites for hydroxylation is 5. The average molecular weight is 2020 g/mol. The number of imidazole rings is 5. The lowest BCUT2D eigenvalue weighted by Gasteiger charge is -2.30. The van der Waals surface area contributed by atoms with Gasteiger partial charge in [0.25, 0.3) is 0 Å². The van der Waals surface area contributed by atoms with Crippen LogP contribution in [-0.2, 0) is 47.7 Å². The lowest BCUT2D eigenvalue weighted by atomic mass is 10.0. The minimum atomic E-state index is -0.659. The third-order valence-corrected chi connectivity index (χ3v) is 28.1. The minimum Gasteiger partial charge on any atom is -0.453 e. The second-order valence-corrected chi connectivity index (χ2v) is 40.0. The van der Waals surface area contributed by atoms with Gasteiger partial charge >= 0.3 is 30.5 Å². The first-order valence-corrected chi connectivity index (χ1v) is 50.8. The van der Waals surface area contributed by atoms with Crippen LogP contribution in [0, 0.1) is 64.2 Å². The Hall–Kier alpha value is -14.8. The van der Waals surface area contributed by atoms with Gasteiger partial charge in [-0.3, -0.25) is 24.0 Å². The molecule has 38 nitrogen and oxygen atoms in total. The van der Waals surface area contributed by atoms with Gasteiger partial charge in [-0.15, -0.1) is 11.3 Å². The number of likely N-dealkylation sites (tertiary alicyclic amines) is 5. The van der Waals surface area contributed by atoms with Crippen molar-refractivity contribution in [3.63, 3.8) is 0 Å². The fourth-order valence-electron chi connectivity index (χ4n) is 19.0. The first kappa shape index (κ1) is 108. The molecule has 146 heavy (non-hydrogen) atoms. The van der Waals surface area contributed by atoms with Crippen molar-refractivity contribution in [1.82, 2.24) is 111 Å². The summed E-state index contributed by atoms with van der Waals surface area (Å²) < 4.78 is 30.2. The van der Waals surface area contributed by atoms with Gasteiger partial charge in [0, 0.05) is 43.9 Å². The summed E-state index contributed by atoms with van der Waals surface area (Å²) >= 11 is 1.61. The fourth-order valence-corrected chi connectivity index (χ4v) is 19.9. The smallest absolute Gasteiger partial charge is 0.407 e. The molecular weight excluding hydrogens is 1880 g/mol. The molecule has 778 valence electrons. The average Bonchev–Trinajstić information content (AvgIpc) is 1.64. The van der Waals surface area contributed by atoms with Gasteiger partial charge < -0.3 is 104 Å². The van der Waals surface area contributed by atoms with Crippen LogP contribution in [0.3, 0.4) is 0 Å². The molecule has 0 bridgehead atoms. The topological polar surface area (TPSA) is 476 Å². The number of H-pyrrole nitrogens is 5. The number of oxazole rings is 1. The predicted molar refractivity (Wildman–Crippen MR) is 554 cm³/mol. The van der Waals surface area contributed by atoms with E-state index in [0.29, 0.717) is 38.3 Å². The molecule has 5 aromatic carbocycles. The number of aromatic amines is 5. The SMILES string of the molecule is COC(=O)N[C@H](C(=O)N1CCC[C@H]1c1ncc(-c2ccc(C)c3ncoc23)[nH]1)C(C)C.COC(=O)N[C@H](C(=O)N1CCC[C@H]1c1ncc(-c2ccc(C)c3ncsc23)[nH]1)C(C)C.COC(=O)N[C@H](C(=O)N1CCC[C@H]1c1ncc(-c2ccc(C)cc2)[nH]1)C(C)C.COC(=O)N[C@H](C(=O)N1CCC[C@H]1c1ncc(-c2ccc(C)cc2)[nH]1)C(C)C.COC(=O)N[C@H](C(=O)N1CCC[C@H]1c1ncc(-c2ccc(C)cc2)[nH]1)C(C)C. The van der Waals surface area contributed by atoms with Gasteiger partial charge in [0.1, 0.15) is 64.8 Å². The number of hydrogen-bond donors (Lipinski definition) is 10. The normalized spacial score (nSPS) is 17.5. The molecule has 5 aliphatic heterocycles. The van der Waals surface area contributed by atoms with Gasteiger partial charge in [-0.2, -0.15) is 0 Å². The summed E-state index contributed by atoms with van der Waals surface area (Å²) in [4.78, 5) is 182. The number of carbonyl (C=O) groups excluding carboxylic acids is 10. The first-order valence-electron chi connectivity index (χ1n) is 49.9. The molecule has 0 unspecified atom stereocenters. The number of carbonyl (C=O) groups is 10. The molecule has 0 spiro atoms. The van der Waals surface area contributed by atoms with Crippen molar-refractivity contribution in [2.24, 2.45) is 29.6 Å². The standard InChI is InChI=1S/C22H27N5O4.C22H27N5O3S.3C21H28N4O3/c2*1-12(2)17(26-22(29)30-4)21(28)27-9-5-6-16(27)20-23-10-15(25-20)14-8-7-13(3)18-19(14)31-11-24-18;3*1-13(2)18(24-21(27)28-4)20(26)25-11-5-6-17(25)19-22-12-16(23-19)15-9-7-14(3)8-10-15/h2*7-8,10-12,16-17H,5-6,9H2,1-4H3,(H,23,25)(H,26,29);3*7-10,12-13,17-18H,5-6,11H2,1-4H3,(H,22,23)(H,24,27)/t2*16-,17-;3*17-,18-/m00000/s1. The Labute approximate surface area is 854 Å². The summed E-state index contributed by atoms with van der Waals surface area (Å²) in [6.07, 6.45) is 16.1. The van der Waals surface area contributed by atoms with Crippen LogP contribution in [0.1, 0.15) is 221 Å². The number of thiazole rings is 1. The second kappa shape index (κ2) is 49.7. The molecule has 0 aliphatic carbocycles. The van der Waals surface area contributed by atoms with Crippen molar-refractivity contribution in [3.05, 3.63) is 197 Å². The van der Waals surface area contributed by atoms with Crippen LogP contribution in [-0.4, -0.2) is 243 Å². The Kier molecular flexibility index (Phi) is 36.9. The number of amides is 10. The Morgan fingerprint density at radius 3 is 0.836 bits per heavy atom. The van der Waals surface area contributed by atoms with E-state index in [0.717, 1.165) is 176 Å². The van der Waals surface area contributed by atoms with Gasteiger partial charge in [-0.25, -0.2) is 58.9 Å². The summed E-state index contributed by atoms with van der Waals surface area (Å²) in [7, 11) is 6.48. The lowest BCUT2D eigenvalue weighted by Crippen LogP contribution is -2.51. The summed E-state index contributed by atoms with van der Waals surface area (Å²) in [5, 5.41) is 13.4. The van der Waals surface area contributed by atoms with Crippen molar-refractivity contribution < 1.29 is 76.0 Å². The van der Waals surface area contributed by atoms with Crippen LogP contribution in [0.4, 0.5) is 24.0 Å². The highest BCUT2D eigenvalue weighted by Crippen LogP contribution is 2.42. The summed E-state index contributed by atoms with van der Waals surface area (Å²) in [5.74, 6) is 2.99. The summed E-state index contributed by atoms with van der Waals surface area (Å²) in [6, 6.07) is 29.0. The van der Waals surface area contributed by atoms with E-state index in [1.54, 1.807) is 22.4 Å². The number of ether oxygens (including phenoxy) is 5. The lowest BCUT2D eigenvalue weighted by molar-refractivity contribution is -0.136. The summed E-state index contributed by atoms with van der Waals surface area (Å²) in [6.45, 7) is 32.5. The van der Waals surface area contributed by atoms with Gasteiger partial charge in [0.2, 0.25) is 29.5 Å². The maximum absolute atomic E-state index is 13.3. The van der Waals surface area contributed by atoms with Gasteiger partial charge in [0.05, 0.1) is 141 Å². The van der Waals surface area contributed by atoms with Crippen LogP contribution in [0.5, 0.6) is 0 Å². The monoisotopic (exact) mass is 2020 g/mol. The Balaban J connectivity index is 0.000000153. The Morgan fingerprint density at radius 1 is 0.322 bits per heavy atom. The molecule has 12 heterocycles. The number of nitrogens with zero attached hydrogens (tertiary/aromatic N) is 12. The Bertz CT molecular complexity index is 5970. The largest absolute Gasteiger partial charge is 0.453 e. The molecule has 10 amide bonds. The van der Waals surface area contributed by atoms with Crippen molar-refractivity contribution >= 4 is 92.7 Å². The molecule has 5 fully saturated rings. The summed E-state index contributed by atoms with van der Waals surface area (Å²) in [5.41, 5.74) is 19.8. The van der Waals surface area contributed by atoms with E-state index < -0.39 is 60.7 Å². The van der Waals surface area contributed by atoms with E-state index >= 15 is 0 Å². The third-order valence-electron chi connectivity index (χ3n) is 27.2. The zero-order valence-corrected chi connectivity index (χ0v) is 87.7. The molecule has 5 saturated heterocycles. The maximum Gasteiger partial charge on any atom is 0.407 e. The number of rotatable bonds is 25. The fraction of sp³-hybridized carbons (Fsp3) is 0.467. The van der Waals surface area contributed by atoms with E-state index in [4.69, 9.17) is 13.9 Å². The van der Waals surface area contributed by atoms with Crippen LogP contribution in [0.15, 0.2) is 144 Å². The van der Waals surface area contributed by atoms with Crippen LogP contribution >= 0.6 is 11.3 Å². The van der Waals surface area contributed by atoms with E-state index in [1.165, 1.54) is 58.6 Å². The molecule has 12 aromatic rings. The van der Waals surface area contributed by atoms with E-state index in [9.17, 15) is 47.9 Å². The first-order chi connectivity index (χ1) is 70.0. The van der Waals surface area contributed by atoms with E-state index in [-0.39, 0.29) is 89.3 Å². The predicted octanol–water partition coefficient (Wildman–Crippen LogP) is 17.9. The molecule has 10 N–H and O–H groups in total. The van der Waals surface area contributed by atoms with Crippen LogP contribution in [0.25, 0.3) is 77.6 Å². The maximum atomic E-state index is 13.3. The number of nitrogens with one attached hydrogen (secondary N) is 10. The molecular formula is C107H138N22O16S. The number of benzene rings is 5. The van der Waals surface area contributed by atoms with Crippen molar-refractivity contribution in [1.29, 1.82) is 0 Å². The molecule has 0 saturated carbocycles. The molecule has 17 rings (SSSR count). The zero-order valence-electron chi connectivity index (χ0n) is 86.9. The van der Waals surface area contributed by atoms with Crippen molar-refractivity contribution in [3.8, 4) is 56.3 Å². The second-order valence-electron chi connectivity index (χ2n) is 39.2. The highest BCUT2D eigenvalue weighted by Gasteiger charge is 2.44. The van der Waals surface area contributed by atoms with Gasteiger partial charge in [-0.05, 0) is 162 Å². The number of aromatic nitrogens is 12. The molecule has 39 heteroatoms. The Morgan fingerprint density at radius 2 is 0.568 bits per heavy atom. The van der Waals surface area contributed by atoms with Crippen LogP contribution < -0.4 is 26.6 Å². The quantitative estimate of drug-likeness (QED) is 0.0238. The number of alkyl carbamates (subject to hydrolysis) is 5. The molecule has 10 atom stereocenters. The van der Waals surface area contributed by atoms with Gasteiger partial charge in [-0.1, -0.05) is 177 Å². The number of methoxy groups -OCH3 is 5. The van der Waals surface area contributed by atoms with Crippen molar-refractivity contribution in [2.45, 2.75) is 228 Å². The minimum absolute atomic E-state index is 0.0485.